The number of nitrogens with one attached hydrogen (secondary N) is 2. The lowest BCUT2D eigenvalue weighted by Gasteiger charge is -2.14. The SMILES string of the molecule is CCCNc1ncnc(NC(C)CSCC)c1[N+](=O)[O-]. The maximum atomic E-state index is 11.2. The van der Waals surface area contributed by atoms with Gasteiger partial charge < -0.3 is 10.6 Å². The quantitative estimate of drug-likeness (QED) is 0.535. The van der Waals surface area contributed by atoms with Crippen molar-refractivity contribution in [2.45, 2.75) is 33.2 Å². The third-order valence-corrected chi connectivity index (χ3v) is 3.65. The van der Waals surface area contributed by atoms with Crippen molar-refractivity contribution in [2.75, 3.05) is 28.7 Å². The van der Waals surface area contributed by atoms with Gasteiger partial charge in [-0.1, -0.05) is 13.8 Å². The van der Waals surface area contributed by atoms with E-state index in [0.717, 1.165) is 17.9 Å². The van der Waals surface area contributed by atoms with Gasteiger partial charge in [0.1, 0.15) is 6.33 Å². The number of thioether (sulfide) groups is 1. The Hall–Kier alpha value is -1.57. The molecule has 0 aromatic carbocycles. The van der Waals surface area contributed by atoms with Crippen LogP contribution in [0.3, 0.4) is 0 Å². The first kappa shape index (κ1) is 16.5. The first-order valence-corrected chi connectivity index (χ1v) is 7.83. The molecule has 1 aromatic rings. The van der Waals surface area contributed by atoms with Crippen LogP contribution in [0.2, 0.25) is 0 Å². The standard InChI is InChI=1S/C12H21N5O2S/c1-4-6-13-11-10(17(18)19)12(15-8-14-11)16-9(3)7-20-5-2/h8-9H,4-7H2,1-3H3,(H2,13,14,15,16). The summed E-state index contributed by atoms with van der Waals surface area (Å²) in [6, 6.07) is 0.104. The Labute approximate surface area is 123 Å². The summed E-state index contributed by atoms with van der Waals surface area (Å²) < 4.78 is 0. The molecule has 0 radical (unpaired) electrons. The highest BCUT2D eigenvalue weighted by molar-refractivity contribution is 7.99. The van der Waals surface area contributed by atoms with E-state index in [1.165, 1.54) is 6.33 Å². The van der Waals surface area contributed by atoms with E-state index in [4.69, 9.17) is 0 Å². The molecule has 20 heavy (non-hydrogen) atoms. The van der Waals surface area contributed by atoms with E-state index in [1.807, 2.05) is 13.8 Å². The number of hydrogen-bond donors (Lipinski definition) is 2. The zero-order valence-corrected chi connectivity index (χ0v) is 12.9. The van der Waals surface area contributed by atoms with Crippen LogP contribution in [0.25, 0.3) is 0 Å². The second-order valence-corrected chi connectivity index (χ2v) is 5.63. The molecule has 0 aliphatic rings. The van der Waals surface area contributed by atoms with E-state index >= 15 is 0 Å². The number of rotatable bonds is 9. The van der Waals surface area contributed by atoms with Crippen molar-refractivity contribution in [3.8, 4) is 0 Å². The van der Waals surface area contributed by atoms with Gasteiger partial charge in [0.25, 0.3) is 0 Å². The minimum atomic E-state index is -0.444. The molecule has 0 fully saturated rings. The van der Waals surface area contributed by atoms with Gasteiger partial charge in [0.05, 0.1) is 4.92 Å². The van der Waals surface area contributed by atoms with Crippen LogP contribution in [0.5, 0.6) is 0 Å². The van der Waals surface area contributed by atoms with Gasteiger partial charge in [0.15, 0.2) is 0 Å². The van der Waals surface area contributed by atoms with E-state index in [9.17, 15) is 10.1 Å². The van der Waals surface area contributed by atoms with Crippen LogP contribution in [0.4, 0.5) is 17.3 Å². The van der Waals surface area contributed by atoms with Gasteiger partial charge in [-0.15, -0.1) is 0 Å². The van der Waals surface area contributed by atoms with E-state index in [2.05, 4.69) is 27.5 Å². The number of nitrogens with zero attached hydrogens (tertiary/aromatic N) is 3. The Bertz CT molecular complexity index is 444. The Morgan fingerprint density at radius 1 is 1.40 bits per heavy atom. The first-order valence-electron chi connectivity index (χ1n) is 6.67. The lowest BCUT2D eigenvalue weighted by molar-refractivity contribution is -0.383. The lowest BCUT2D eigenvalue weighted by Crippen LogP contribution is -2.20. The summed E-state index contributed by atoms with van der Waals surface area (Å²) in [5, 5.41) is 17.3. The number of anilines is 2. The predicted octanol–water partition coefficient (Wildman–Crippen LogP) is 2.76. The van der Waals surface area contributed by atoms with Crippen molar-refractivity contribution >= 4 is 29.1 Å². The highest BCUT2D eigenvalue weighted by atomic mass is 32.2. The molecule has 112 valence electrons. The molecule has 1 unspecified atom stereocenters. The fraction of sp³-hybridized carbons (Fsp3) is 0.667. The Kier molecular flexibility index (Phi) is 7.06. The molecule has 8 heteroatoms. The summed E-state index contributed by atoms with van der Waals surface area (Å²) in [6.07, 6.45) is 2.21. The van der Waals surface area contributed by atoms with Crippen LogP contribution in [0.15, 0.2) is 6.33 Å². The van der Waals surface area contributed by atoms with Crippen molar-refractivity contribution in [3.63, 3.8) is 0 Å². The van der Waals surface area contributed by atoms with E-state index < -0.39 is 4.92 Å². The van der Waals surface area contributed by atoms with Gasteiger partial charge in [-0.05, 0) is 19.1 Å². The monoisotopic (exact) mass is 299 g/mol. The average molecular weight is 299 g/mol. The summed E-state index contributed by atoms with van der Waals surface area (Å²) in [6.45, 7) is 6.69. The highest BCUT2D eigenvalue weighted by Crippen LogP contribution is 2.29. The third-order valence-electron chi connectivity index (χ3n) is 2.50. The summed E-state index contributed by atoms with van der Waals surface area (Å²) in [7, 11) is 0. The zero-order valence-electron chi connectivity index (χ0n) is 12.0. The molecule has 0 bridgehead atoms. The third kappa shape index (κ3) is 4.84. The molecule has 0 amide bonds. The van der Waals surface area contributed by atoms with Crippen LogP contribution in [0, 0.1) is 10.1 Å². The normalized spacial score (nSPS) is 11.9. The molecule has 1 aromatic heterocycles. The van der Waals surface area contributed by atoms with Gasteiger partial charge in [-0.3, -0.25) is 10.1 Å². The molecular weight excluding hydrogens is 278 g/mol. The Morgan fingerprint density at radius 3 is 2.70 bits per heavy atom. The molecule has 1 atom stereocenters. The van der Waals surface area contributed by atoms with Gasteiger partial charge in [0.2, 0.25) is 11.6 Å². The smallest absolute Gasteiger partial charge is 0.353 e. The number of nitro groups is 1. The van der Waals surface area contributed by atoms with Crippen LogP contribution < -0.4 is 10.6 Å². The van der Waals surface area contributed by atoms with Crippen molar-refractivity contribution < 1.29 is 4.92 Å². The molecule has 0 saturated carbocycles. The van der Waals surface area contributed by atoms with Gasteiger partial charge in [0, 0.05) is 18.3 Å². The Morgan fingerprint density at radius 2 is 2.10 bits per heavy atom. The van der Waals surface area contributed by atoms with Crippen molar-refractivity contribution in [3.05, 3.63) is 16.4 Å². The van der Waals surface area contributed by atoms with Gasteiger partial charge in [-0.2, -0.15) is 11.8 Å². The van der Waals surface area contributed by atoms with Crippen molar-refractivity contribution in [1.29, 1.82) is 0 Å². The minimum absolute atomic E-state index is 0.0886. The van der Waals surface area contributed by atoms with Crippen molar-refractivity contribution in [1.82, 2.24) is 9.97 Å². The summed E-state index contributed by atoms with van der Waals surface area (Å²) >= 11 is 1.78. The first-order chi connectivity index (χ1) is 9.60. The molecule has 0 aliphatic heterocycles. The number of hydrogen-bond acceptors (Lipinski definition) is 7. The van der Waals surface area contributed by atoms with Crippen LogP contribution in [-0.4, -0.2) is 39.0 Å². The topological polar surface area (TPSA) is 93.0 Å². The van der Waals surface area contributed by atoms with Crippen LogP contribution >= 0.6 is 11.8 Å². The van der Waals surface area contributed by atoms with Crippen LogP contribution in [0.1, 0.15) is 27.2 Å². The minimum Gasteiger partial charge on any atom is -0.364 e. The molecule has 2 N–H and O–H groups in total. The maximum Gasteiger partial charge on any atom is 0.353 e. The van der Waals surface area contributed by atoms with Gasteiger partial charge >= 0.3 is 5.69 Å². The van der Waals surface area contributed by atoms with E-state index in [1.54, 1.807) is 11.8 Å². The zero-order chi connectivity index (χ0) is 15.0. The van der Waals surface area contributed by atoms with Crippen LogP contribution in [-0.2, 0) is 0 Å². The Balaban J connectivity index is 2.91. The largest absolute Gasteiger partial charge is 0.364 e. The molecule has 0 aliphatic carbocycles. The second kappa shape index (κ2) is 8.57. The molecule has 7 nitrogen and oxygen atoms in total. The summed E-state index contributed by atoms with van der Waals surface area (Å²) in [5.41, 5.74) is -0.0886. The van der Waals surface area contributed by atoms with Gasteiger partial charge in [-0.25, -0.2) is 9.97 Å². The molecule has 1 heterocycles. The molecule has 0 spiro atoms. The molecular formula is C12H21N5O2S. The summed E-state index contributed by atoms with van der Waals surface area (Å²) in [4.78, 5) is 18.8. The average Bonchev–Trinajstić information content (AvgIpc) is 2.42. The predicted molar refractivity (Wildman–Crippen MR) is 83.6 cm³/mol. The summed E-state index contributed by atoms with van der Waals surface area (Å²) in [5.74, 6) is 2.42. The molecule has 1 rings (SSSR count). The lowest BCUT2D eigenvalue weighted by atomic mass is 10.3. The number of aromatic nitrogens is 2. The fourth-order valence-corrected chi connectivity index (χ4v) is 2.27. The highest BCUT2D eigenvalue weighted by Gasteiger charge is 2.23. The van der Waals surface area contributed by atoms with E-state index in [0.29, 0.717) is 6.54 Å². The maximum absolute atomic E-state index is 11.2. The molecule has 0 saturated heterocycles. The van der Waals surface area contributed by atoms with Crippen molar-refractivity contribution in [2.24, 2.45) is 0 Å². The fourth-order valence-electron chi connectivity index (χ4n) is 1.60. The van der Waals surface area contributed by atoms with E-state index in [-0.39, 0.29) is 23.4 Å². The second-order valence-electron chi connectivity index (χ2n) is 4.31.